The number of benzene rings is 1. The van der Waals surface area contributed by atoms with E-state index in [-0.39, 0.29) is 23.3 Å². The van der Waals surface area contributed by atoms with Gasteiger partial charge in [0.05, 0.1) is 0 Å². The van der Waals surface area contributed by atoms with Crippen LogP contribution in [-0.4, -0.2) is 35.3 Å². The van der Waals surface area contributed by atoms with Crippen LogP contribution < -0.4 is 0 Å². The fourth-order valence-electron chi connectivity index (χ4n) is 3.16. The van der Waals surface area contributed by atoms with E-state index in [4.69, 9.17) is 5.11 Å². The average Bonchev–Trinajstić information content (AvgIpc) is 2.69. The number of carboxylic acids is 1. The summed E-state index contributed by atoms with van der Waals surface area (Å²) in [5, 5.41) is 8.73. The molecule has 0 unspecified atom stereocenters. The van der Waals surface area contributed by atoms with E-state index in [2.05, 4.69) is 37.9 Å². The van der Waals surface area contributed by atoms with Crippen LogP contribution >= 0.6 is 0 Å². The molecule has 0 radical (unpaired) electrons. The van der Waals surface area contributed by atoms with E-state index in [1.165, 1.54) is 16.1 Å². The van der Waals surface area contributed by atoms with Gasteiger partial charge >= 0.3 is 5.97 Å². The predicted octanol–water partition coefficient (Wildman–Crippen LogP) is 4.61. The van der Waals surface area contributed by atoms with Gasteiger partial charge in [-0.15, -0.1) is 0 Å². The van der Waals surface area contributed by atoms with E-state index >= 15 is 0 Å². The molecule has 0 amide bonds. The van der Waals surface area contributed by atoms with Crippen LogP contribution in [0.5, 0.6) is 0 Å². The van der Waals surface area contributed by atoms with E-state index in [1.54, 1.807) is 18.3 Å². The zero-order valence-electron chi connectivity index (χ0n) is 18.0. The van der Waals surface area contributed by atoms with Crippen LogP contribution in [0.3, 0.4) is 0 Å². The molecule has 0 saturated heterocycles. The van der Waals surface area contributed by atoms with E-state index in [0.717, 1.165) is 18.4 Å². The predicted molar refractivity (Wildman–Crippen MR) is 118 cm³/mol. The van der Waals surface area contributed by atoms with Crippen LogP contribution in [0.1, 0.15) is 64.0 Å². The molecule has 0 saturated carbocycles. The number of carbonyl (C=O) groups is 1. The van der Waals surface area contributed by atoms with Gasteiger partial charge in [-0.05, 0) is 41.5 Å². The summed E-state index contributed by atoms with van der Waals surface area (Å²) in [6.45, 7) is 7.10. The molecular formula is C23H32N2O4S. The van der Waals surface area contributed by atoms with Crippen molar-refractivity contribution in [2.24, 2.45) is 0 Å². The van der Waals surface area contributed by atoms with Crippen molar-refractivity contribution in [3.05, 3.63) is 59.9 Å². The van der Waals surface area contributed by atoms with Gasteiger partial charge in [0, 0.05) is 31.9 Å². The highest BCUT2D eigenvalue weighted by Gasteiger charge is 2.24. The molecule has 1 aromatic carbocycles. The van der Waals surface area contributed by atoms with Crippen LogP contribution in [0, 0.1) is 0 Å². The summed E-state index contributed by atoms with van der Waals surface area (Å²) >= 11 is 0. The first kappa shape index (κ1) is 24.0. The number of carboxylic acid groups (broad SMARTS) is 1. The highest BCUT2D eigenvalue weighted by atomic mass is 32.2. The van der Waals surface area contributed by atoms with Crippen molar-refractivity contribution >= 4 is 16.0 Å². The van der Waals surface area contributed by atoms with Crippen molar-refractivity contribution in [1.82, 2.24) is 9.29 Å². The normalized spacial score (nSPS) is 12.3. The van der Waals surface area contributed by atoms with Crippen molar-refractivity contribution in [3.8, 4) is 0 Å². The number of aromatic nitrogens is 1. The number of unbranched alkanes of at least 4 members (excludes halogenated alkanes) is 3. The van der Waals surface area contributed by atoms with Crippen molar-refractivity contribution in [1.29, 1.82) is 0 Å². The third-order valence-corrected chi connectivity index (χ3v) is 6.83. The van der Waals surface area contributed by atoms with Crippen LogP contribution in [0.4, 0.5) is 0 Å². The van der Waals surface area contributed by atoms with Crippen LogP contribution in [0.2, 0.25) is 0 Å². The molecule has 0 spiro atoms. The maximum atomic E-state index is 13.2. The second-order valence-corrected chi connectivity index (χ2v) is 10.5. The second kappa shape index (κ2) is 10.7. The maximum Gasteiger partial charge on any atom is 0.303 e. The zero-order chi connectivity index (χ0) is 22.2. The summed E-state index contributed by atoms with van der Waals surface area (Å²) in [4.78, 5) is 14.8. The molecule has 164 valence electrons. The zero-order valence-corrected chi connectivity index (χ0v) is 18.9. The molecule has 1 aromatic heterocycles. The van der Waals surface area contributed by atoms with Gasteiger partial charge in [-0.25, -0.2) is 8.42 Å². The molecule has 7 heteroatoms. The number of hydrogen-bond donors (Lipinski definition) is 1. The molecule has 0 aliphatic heterocycles. The second-order valence-electron chi connectivity index (χ2n) is 8.53. The lowest BCUT2D eigenvalue weighted by Gasteiger charge is -2.23. The first-order valence-corrected chi connectivity index (χ1v) is 11.8. The third-order valence-electron chi connectivity index (χ3n) is 5.00. The van der Waals surface area contributed by atoms with Gasteiger partial charge in [-0.2, -0.15) is 4.31 Å². The Bertz CT molecular complexity index is 904. The largest absolute Gasteiger partial charge is 0.481 e. The number of sulfonamides is 1. The highest BCUT2D eigenvalue weighted by Crippen LogP contribution is 2.24. The Morgan fingerprint density at radius 2 is 1.70 bits per heavy atom. The Balaban J connectivity index is 2.12. The van der Waals surface area contributed by atoms with Crippen molar-refractivity contribution in [3.63, 3.8) is 0 Å². The quantitative estimate of drug-likeness (QED) is 0.524. The van der Waals surface area contributed by atoms with E-state index in [1.807, 2.05) is 12.1 Å². The van der Waals surface area contributed by atoms with Gasteiger partial charge in [0.25, 0.3) is 0 Å². The number of aliphatic carboxylic acids is 1. The Morgan fingerprint density at radius 1 is 1.03 bits per heavy atom. The maximum absolute atomic E-state index is 13.2. The summed E-state index contributed by atoms with van der Waals surface area (Å²) in [7, 11) is -3.67. The third kappa shape index (κ3) is 7.22. The molecule has 0 aliphatic carbocycles. The standard InChI is InChI=1S/C23H32N2O4S/c1-23(2,3)20-13-11-19(12-14-20)18-25(16-7-5-4-6-10-22(26)27)30(28,29)21-9-8-15-24-17-21/h8-9,11-15,17H,4-7,10,16,18H2,1-3H3,(H,26,27). The van der Waals surface area contributed by atoms with Gasteiger partial charge < -0.3 is 5.11 Å². The molecule has 0 atom stereocenters. The lowest BCUT2D eigenvalue weighted by molar-refractivity contribution is -0.137. The minimum absolute atomic E-state index is 0.0377. The number of nitrogens with zero attached hydrogens (tertiary/aromatic N) is 2. The number of hydrogen-bond acceptors (Lipinski definition) is 4. The molecule has 2 rings (SSSR count). The first-order chi connectivity index (χ1) is 14.1. The van der Waals surface area contributed by atoms with E-state index in [9.17, 15) is 13.2 Å². The fraction of sp³-hybridized carbons (Fsp3) is 0.478. The minimum atomic E-state index is -3.67. The van der Waals surface area contributed by atoms with Gasteiger partial charge in [0.15, 0.2) is 0 Å². The van der Waals surface area contributed by atoms with Crippen LogP contribution in [0.25, 0.3) is 0 Å². The summed E-state index contributed by atoms with van der Waals surface area (Å²) in [5.74, 6) is -0.797. The molecule has 0 aliphatic rings. The Morgan fingerprint density at radius 3 is 2.27 bits per heavy atom. The molecule has 2 aromatic rings. The fourth-order valence-corrected chi connectivity index (χ4v) is 4.60. The van der Waals surface area contributed by atoms with Crippen molar-refractivity contribution in [2.45, 2.75) is 69.7 Å². The Kier molecular flexibility index (Phi) is 8.55. The summed E-state index contributed by atoms with van der Waals surface area (Å²) in [5.41, 5.74) is 2.17. The first-order valence-electron chi connectivity index (χ1n) is 10.3. The van der Waals surface area contributed by atoms with Crippen molar-refractivity contribution in [2.75, 3.05) is 6.54 Å². The lowest BCUT2D eigenvalue weighted by Crippen LogP contribution is -2.31. The SMILES string of the molecule is CC(C)(C)c1ccc(CN(CCCCCCC(=O)O)S(=O)(=O)c2cccnc2)cc1. The topological polar surface area (TPSA) is 87.6 Å². The lowest BCUT2D eigenvalue weighted by atomic mass is 9.87. The summed E-state index contributed by atoms with van der Waals surface area (Å²) < 4.78 is 27.9. The molecule has 0 bridgehead atoms. The monoisotopic (exact) mass is 432 g/mol. The molecule has 6 nitrogen and oxygen atoms in total. The van der Waals surface area contributed by atoms with Gasteiger partial charge in [-0.3, -0.25) is 9.78 Å². The average molecular weight is 433 g/mol. The molecule has 30 heavy (non-hydrogen) atoms. The highest BCUT2D eigenvalue weighted by molar-refractivity contribution is 7.89. The van der Waals surface area contributed by atoms with Crippen LogP contribution in [0.15, 0.2) is 53.7 Å². The summed E-state index contributed by atoms with van der Waals surface area (Å²) in [6.07, 6.45) is 5.92. The molecule has 0 fully saturated rings. The Labute approximate surface area is 180 Å². The van der Waals surface area contributed by atoms with Gasteiger partial charge in [-0.1, -0.05) is 57.9 Å². The van der Waals surface area contributed by atoms with E-state index < -0.39 is 16.0 Å². The van der Waals surface area contributed by atoms with Crippen molar-refractivity contribution < 1.29 is 18.3 Å². The number of rotatable bonds is 11. The van der Waals surface area contributed by atoms with Gasteiger partial charge in [0.1, 0.15) is 4.90 Å². The summed E-state index contributed by atoms with van der Waals surface area (Å²) in [6, 6.07) is 11.3. The smallest absolute Gasteiger partial charge is 0.303 e. The Hall–Kier alpha value is -2.25. The van der Waals surface area contributed by atoms with Crippen LogP contribution in [-0.2, 0) is 26.8 Å². The van der Waals surface area contributed by atoms with E-state index in [0.29, 0.717) is 19.4 Å². The molecule has 1 N–H and O–H groups in total. The number of pyridine rings is 1. The minimum Gasteiger partial charge on any atom is -0.481 e. The molecule has 1 heterocycles. The molecular weight excluding hydrogens is 400 g/mol. The van der Waals surface area contributed by atoms with Gasteiger partial charge in [0.2, 0.25) is 10.0 Å².